The average Bonchev–Trinajstić information content (AvgIpc) is 1.96. The maximum atomic E-state index is 11.0. The van der Waals surface area contributed by atoms with Crippen molar-refractivity contribution in [1.82, 2.24) is 0 Å². The van der Waals surface area contributed by atoms with Gasteiger partial charge in [-0.05, 0) is 18.4 Å². The summed E-state index contributed by atoms with van der Waals surface area (Å²) >= 11 is 0. The monoisotopic (exact) mass is 180 g/mol. The lowest BCUT2D eigenvalue weighted by atomic mass is 9.69. The Morgan fingerprint density at radius 2 is 2.08 bits per heavy atom. The van der Waals surface area contributed by atoms with E-state index in [0.29, 0.717) is 5.57 Å². The van der Waals surface area contributed by atoms with Crippen molar-refractivity contribution in [3.05, 3.63) is 23.3 Å². The average molecular weight is 180 g/mol. The van der Waals surface area contributed by atoms with E-state index < -0.39 is 5.97 Å². The number of aliphatic carboxylic acids is 1. The van der Waals surface area contributed by atoms with Crippen LogP contribution in [0, 0.1) is 11.3 Å². The summed E-state index contributed by atoms with van der Waals surface area (Å²) in [6.45, 7) is 7.86. The zero-order valence-electron chi connectivity index (χ0n) is 8.59. The topological polar surface area (TPSA) is 37.3 Å². The van der Waals surface area contributed by atoms with E-state index in [1.165, 1.54) is 0 Å². The van der Waals surface area contributed by atoms with Gasteiger partial charge in [-0.3, -0.25) is 0 Å². The highest BCUT2D eigenvalue weighted by Gasteiger charge is 2.35. The summed E-state index contributed by atoms with van der Waals surface area (Å²) in [7, 11) is 0. The third kappa shape index (κ3) is 1.53. The van der Waals surface area contributed by atoms with Crippen molar-refractivity contribution in [3.63, 3.8) is 0 Å². The maximum absolute atomic E-state index is 11.0. The summed E-state index contributed by atoms with van der Waals surface area (Å²) in [6, 6.07) is 0. The van der Waals surface area contributed by atoms with Gasteiger partial charge in [-0.2, -0.15) is 0 Å². The molecule has 0 saturated carbocycles. The van der Waals surface area contributed by atoms with E-state index in [4.69, 9.17) is 5.11 Å². The van der Waals surface area contributed by atoms with Crippen LogP contribution in [0.1, 0.15) is 27.7 Å². The Bertz CT molecular complexity index is 295. The molecule has 0 spiro atoms. The zero-order valence-corrected chi connectivity index (χ0v) is 8.59. The van der Waals surface area contributed by atoms with E-state index in [1.807, 2.05) is 33.8 Å². The normalized spacial score (nSPS) is 26.3. The highest BCUT2D eigenvalue weighted by atomic mass is 16.4. The molecular weight excluding hydrogens is 164 g/mol. The van der Waals surface area contributed by atoms with Crippen LogP contribution < -0.4 is 0 Å². The van der Waals surface area contributed by atoms with Crippen LogP contribution >= 0.6 is 0 Å². The molecule has 2 heteroatoms. The summed E-state index contributed by atoms with van der Waals surface area (Å²) in [5.74, 6) is -0.513. The summed E-state index contributed by atoms with van der Waals surface area (Å²) < 4.78 is 0. The van der Waals surface area contributed by atoms with E-state index >= 15 is 0 Å². The van der Waals surface area contributed by atoms with Crippen molar-refractivity contribution in [2.75, 3.05) is 0 Å². The van der Waals surface area contributed by atoms with Gasteiger partial charge in [0.1, 0.15) is 0 Å². The molecule has 0 radical (unpaired) electrons. The van der Waals surface area contributed by atoms with Crippen LogP contribution in [-0.4, -0.2) is 11.1 Å². The van der Waals surface area contributed by atoms with Crippen LogP contribution in [0.4, 0.5) is 0 Å². The highest BCUT2D eigenvalue weighted by Crippen LogP contribution is 2.40. The zero-order chi connectivity index (χ0) is 10.2. The number of carbonyl (C=O) groups is 1. The Balaban J connectivity index is 3.24. The molecule has 13 heavy (non-hydrogen) atoms. The fourth-order valence-corrected chi connectivity index (χ4v) is 1.79. The fourth-order valence-electron chi connectivity index (χ4n) is 1.79. The molecule has 2 nitrogen and oxygen atoms in total. The lowest BCUT2D eigenvalue weighted by Crippen LogP contribution is -2.30. The lowest BCUT2D eigenvalue weighted by molar-refractivity contribution is -0.134. The van der Waals surface area contributed by atoms with Gasteiger partial charge in [-0.15, -0.1) is 0 Å². The third-order valence-corrected chi connectivity index (χ3v) is 3.03. The number of carboxylic acids is 1. The molecule has 0 aromatic carbocycles. The second-order valence-corrected chi connectivity index (χ2v) is 4.23. The predicted octanol–water partition coefficient (Wildman–Crippen LogP) is 2.62. The molecule has 0 unspecified atom stereocenters. The van der Waals surface area contributed by atoms with Crippen LogP contribution in [0.3, 0.4) is 0 Å². The molecule has 0 aromatic rings. The van der Waals surface area contributed by atoms with Gasteiger partial charge in [-0.1, -0.05) is 32.9 Å². The van der Waals surface area contributed by atoms with Crippen molar-refractivity contribution in [2.45, 2.75) is 27.7 Å². The molecule has 0 bridgehead atoms. The molecule has 1 N–H and O–H groups in total. The first-order valence-electron chi connectivity index (χ1n) is 4.50. The Kier molecular flexibility index (Phi) is 2.33. The van der Waals surface area contributed by atoms with Gasteiger partial charge < -0.3 is 5.11 Å². The number of hydrogen-bond donors (Lipinski definition) is 1. The Morgan fingerprint density at radius 3 is 2.46 bits per heavy atom. The van der Waals surface area contributed by atoms with Crippen molar-refractivity contribution >= 4 is 5.97 Å². The summed E-state index contributed by atoms with van der Waals surface area (Å²) in [5.41, 5.74) is 1.16. The highest BCUT2D eigenvalue weighted by molar-refractivity contribution is 5.90. The summed E-state index contributed by atoms with van der Waals surface area (Å²) in [6.07, 6.45) is 3.97. The van der Waals surface area contributed by atoms with Crippen LogP contribution in [0.5, 0.6) is 0 Å². The van der Waals surface area contributed by atoms with Crippen LogP contribution in [-0.2, 0) is 4.79 Å². The number of rotatable bonds is 1. The SMILES string of the molecule is CC1=C(C(=O)O)C(C)(C)[C@@H](C)C=C1. The molecule has 0 aliphatic heterocycles. The second kappa shape index (κ2) is 3.02. The van der Waals surface area contributed by atoms with Crippen molar-refractivity contribution in [2.24, 2.45) is 11.3 Å². The van der Waals surface area contributed by atoms with E-state index in [-0.39, 0.29) is 11.3 Å². The molecule has 1 aliphatic carbocycles. The van der Waals surface area contributed by atoms with Gasteiger partial charge >= 0.3 is 5.97 Å². The predicted molar refractivity (Wildman–Crippen MR) is 52.4 cm³/mol. The Hall–Kier alpha value is -1.05. The molecule has 72 valence electrons. The smallest absolute Gasteiger partial charge is 0.332 e. The fraction of sp³-hybridized carbons (Fsp3) is 0.545. The Morgan fingerprint density at radius 1 is 1.54 bits per heavy atom. The van der Waals surface area contributed by atoms with Gasteiger partial charge in [0.15, 0.2) is 0 Å². The first-order chi connectivity index (χ1) is 5.87. The van der Waals surface area contributed by atoms with Gasteiger partial charge in [0.05, 0.1) is 0 Å². The van der Waals surface area contributed by atoms with E-state index in [1.54, 1.807) is 0 Å². The minimum Gasteiger partial charge on any atom is -0.478 e. The van der Waals surface area contributed by atoms with Gasteiger partial charge in [0.25, 0.3) is 0 Å². The Labute approximate surface area is 79.0 Å². The van der Waals surface area contributed by atoms with Gasteiger partial charge in [-0.25, -0.2) is 4.79 Å². The molecule has 1 rings (SSSR count). The van der Waals surface area contributed by atoms with Crippen LogP contribution in [0.2, 0.25) is 0 Å². The minimum atomic E-state index is -0.793. The van der Waals surface area contributed by atoms with Crippen LogP contribution in [0.15, 0.2) is 23.3 Å². The molecule has 0 heterocycles. The quantitative estimate of drug-likeness (QED) is 0.673. The van der Waals surface area contributed by atoms with E-state index in [2.05, 4.69) is 6.08 Å². The molecule has 1 aliphatic rings. The standard InChI is InChI=1S/C11H16O2/c1-7-5-6-8(2)11(3,4)9(7)10(12)13/h5-6,8H,1-4H3,(H,12,13)/t8-/m0/s1. The van der Waals surface area contributed by atoms with Crippen molar-refractivity contribution < 1.29 is 9.90 Å². The lowest BCUT2D eigenvalue weighted by Gasteiger charge is -2.34. The van der Waals surface area contributed by atoms with Gasteiger partial charge in [0, 0.05) is 11.0 Å². The first-order valence-corrected chi connectivity index (χ1v) is 4.50. The van der Waals surface area contributed by atoms with Crippen LogP contribution in [0.25, 0.3) is 0 Å². The molecule has 0 amide bonds. The van der Waals surface area contributed by atoms with Crippen molar-refractivity contribution in [1.29, 1.82) is 0 Å². The van der Waals surface area contributed by atoms with Gasteiger partial charge in [0.2, 0.25) is 0 Å². The summed E-state index contributed by atoms with van der Waals surface area (Å²) in [4.78, 5) is 11.0. The molecule has 0 fully saturated rings. The number of carboxylic acid groups (broad SMARTS) is 1. The second-order valence-electron chi connectivity index (χ2n) is 4.23. The number of allylic oxidation sites excluding steroid dienone is 3. The van der Waals surface area contributed by atoms with E-state index in [0.717, 1.165) is 5.57 Å². The minimum absolute atomic E-state index is 0.259. The van der Waals surface area contributed by atoms with Crippen molar-refractivity contribution in [3.8, 4) is 0 Å². The molecule has 0 aromatic heterocycles. The molecule has 0 saturated heterocycles. The molecular formula is C11H16O2. The van der Waals surface area contributed by atoms with E-state index in [9.17, 15) is 4.79 Å². The summed E-state index contributed by atoms with van der Waals surface area (Å²) in [5, 5.41) is 9.07. The first kappa shape index (κ1) is 10.0. The third-order valence-electron chi connectivity index (χ3n) is 3.03. The molecule has 1 atom stereocenters. The largest absolute Gasteiger partial charge is 0.478 e. The number of hydrogen-bond acceptors (Lipinski definition) is 1. The maximum Gasteiger partial charge on any atom is 0.332 e.